The molecule has 0 heterocycles. The second-order valence-electron chi connectivity index (χ2n) is 3.69. The number of hydrogen-bond acceptors (Lipinski definition) is 4. The molecule has 5 heteroatoms. The fourth-order valence-corrected chi connectivity index (χ4v) is 1.28. The maximum absolute atomic E-state index is 11.4. The number of amides is 1. The number of hydrogen-bond donors (Lipinski definition) is 1. The average molecular weight is 261 g/mol. The summed E-state index contributed by atoms with van der Waals surface area (Å²) in [4.78, 5) is 33.6. The molecule has 0 spiro atoms. The Kier molecular flexibility index (Phi) is 6.02. The van der Waals surface area contributed by atoms with Crippen LogP contribution in [0.15, 0.2) is 36.4 Å². The maximum atomic E-state index is 11.4. The molecule has 0 aliphatic rings. The summed E-state index contributed by atoms with van der Waals surface area (Å²) >= 11 is 0. The molecule has 19 heavy (non-hydrogen) atoms. The maximum Gasteiger partial charge on any atom is 0.307 e. The van der Waals surface area contributed by atoms with E-state index in [0.717, 1.165) is 5.56 Å². The van der Waals surface area contributed by atoms with Crippen molar-refractivity contribution in [2.45, 2.75) is 6.42 Å². The summed E-state index contributed by atoms with van der Waals surface area (Å²) < 4.78 is 4.41. The van der Waals surface area contributed by atoms with E-state index in [2.05, 4.69) is 10.1 Å². The van der Waals surface area contributed by atoms with Gasteiger partial charge in [-0.2, -0.15) is 0 Å². The minimum atomic E-state index is -0.740. The van der Waals surface area contributed by atoms with Crippen LogP contribution in [0, 0.1) is 0 Å². The highest BCUT2D eigenvalue weighted by molar-refractivity contribution is 6.41. The lowest BCUT2D eigenvalue weighted by Gasteiger charge is -2.01. The van der Waals surface area contributed by atoms with E-state index >= 15 is 0 Å². The van der Waals surface area contributed by atoms with E-state index in [-0.39, 0.29) is 13.0 Å². The SMILES string of the molecule is COC(=O)CCNC(=O)C(=O)/C=C/c1ccccc1. The van der Waals surface area contributed by atoms with Gasteiger partial charge in [-0.1, -0.05) is 36.4 Å². The Labute approximate surface area is 111 Å². The van der Waals surface area contributed by atoms with E-state index in [0.29, 0.717) is 0 Å². The van der Waals surface area contributed by atoms with Crippen LogP contribution in [0.3, 0.4) is 0 Å². The lowest BCUT2D eigenvalue weighted by molar-refractivity contribution is -0.141. The van der Waals surface area contributed by atoms with Crippen LogP contribution in [0.5, 0.6) is 0 Å². The van der Waals surface area contributed by atoms with E-state index < -0.39 is 17.7 Å². The van der Waals surface area contributed by atoms with E-state index in [9.17, 15) is 14.4 Å². The zero-order chi connectivity index (χ0) is 14.1. The fraction of sp³-hybridized carbons (Fsp3) is 0.214. The van der Waals surface area contributed by atoms with Crippen molar-refractivity contribution in [2.24, 2.45) is 0 Å². The molecule has 5 nitrogen and oxygen atoms in total. The van der Waals surface area contributed by atoms with Gasteiger partial charge >= 0.3 is 5.97 Å². The Morgan fingerprint density at radius 3 is 2.53 bits per heavy atom. The first kappa shape index (κ1) is 14.6. The van der Waals surface area contributed by atoms with Crippen molar-refractivity contribution in [3.63, 3.8) is 0 Å². The zero-order valence-electron chi connectivity index (χ0n) is 10.6. The van der Waals surface area contributed by atoms with Crippen molar-refractivity contribution in [1.29, 1.82) is 0 Å². The molecule has 0 bridgehead atoms. The highest BCUT2D eigenvalue weighted by Gasteiger charge is 2.10. The number of esters is 1. The van der Waals surface area contributed by atoms with Crippen molar-refractivity contribution in [1.82, 2.24) is 5.32 Å². The third-order valence-electron chi connectivity index (χ3n) is 2.29. The highest BCUT2D eigenvalue weighted by Crippen LogP contribution is 2.00. The van der Waals surface area contributed by atoms with Crippen LogP contribution in [0.4, 0.5) is 0 Å². The minimum Gasteiger partial charge on any atom is -0.469 e. The molecule has 0 unspecified atom stereocenters. The van der Waals surface area contributed by atoms with Crippen LogP contribution >= 0.6 is 0 Å². The first-order valence-corrected chi connectivity index (χ1v) is 5.75. The second kappa shape index (κ2) is 7.81. The average Bonchev–Trinajstić information content (AvgIpc) is 2.45. The van der Waals surface area contributed by atoms with Gasteiger partial charge in [0.15, 0.2) is 0 Å². The molecule has 1 amide bonds. The summed E-state index contributed by atoms with van der Waals surface area (Å²) in [5.74, 6) is -1.84. The molecule has 1 aromatic carbocycles. The van der Waals surface area contributed by atoms with Crippen LogP contribution in [0.2, 0.25) is 0 Å². The van der Waals surface area contributed by atoms with E-state index in [1.165, 1.54) is 13.2 Å². The van der Waals surface area contributed by atoms with Gasteiger partial charge in [-0.25, -0.2) is 0 Å². The predicted octanol–water partition coefficient (Wildman–Crippen LogP) is 0.948. The van der Waals surface area contributed by atoms with Crippen LogP contribution in [-0.4, -0.2) is 31.3 Å². The monoisotopic (exact) mass is 261 g/mol. The summed E-state index contributed by atoms with van der Waals surface area (Å²) in [7, 11) is 1.26. The molecule has 100 valence electrons. The molecular formula is C14H15NO4. The molecule has 0 saturated carbocycles. The molecule has 0 saturated heterocycles. The van der Waals surface area contributed by atoms with E-state index in [1.54, 1.807) is 6.08 Å². The second-order valence-corrected chi connectivity index (χ2v) is 3.69. The molecule has 0 radical (unpaired) electrons. The number of carbonyl (C=O) groups is 3. The summed E-state index contributed by atoms with van der Waals surface area (Å²) in [6.45, 7) is 0.0798. The minimum absolute atomic E-state index is 0.0396. The summed E-state index contributed by atoms with van der Waals surface area (Å²) in [6.07, 6.45) is 2.79. The van der Waals surface area contributed by atoms with E-state index in [1.807, 2.05) is 30.3 Å². The van der Waals surface area contributed by atoms with Gasteiger partial charge in [-0.15, -0.1) is 0 Å². The van der Waals surface area contributed by atoms with Crippen LogP contribution in [0.1, 0.15) is 12.0 Å². The van der Waals surface area contributed by atoms with Crippen molar-refractivity contribution in [2.75, 3.05) is 13.7 Å². The molecule has 0 aliphatic heterocycles. The number of benzene rings is 1. The Morgan fingerprint density at radius 2 is 1.89 bits per heavy atom. The number of methoxy groups -OCH3 is 1. The Bertz CT molecular complexity index is 479. The topological polar surface area (TPSA) is 72.5 Å². The third-order valence-corrected chi connectivity index (χ3v) is 2.29. The van der Waals surface area contributed by atoms with Crippen molar-refractivity contribution >= 4 is 23.7 Å². The third kappa shape index (κ3) is 5.63. The smallest absolute Gasteiger partial charge is 0.307 e. The van der Waals surface area contributed by atoms with Crippen molar-refractivity contribution < 1.29 is 19.1 Å². The molecule has 0 aromatic heterocycles. The predicted molar refractivity (Wildman–Crippen MR) is 70.1 cm³/mol. The Hall–Kier alpha value is -2.43. The molecule has 1 N–H and O–H groups in total. The van der Waals surface area contributed by atoms with Crippen LogP contribution in [-0.2, 0) is 19.1 Å². The summed E-state index contributed by atoms with van der Waals surface area (Å²) in [6, 6.07) is 9.16. The highest BCUT2D eigenvalue weighted by atomic mass is 16.5. The van der Waals surface area contributed by atoms with Crippen molar-refractivity contribution in [3.05, 3.63) is 42.0 Å². The number of nitrogens with one attached hydrogen (secondary N) is 1. The Morgan fingerprint density at radius 1 is 1.21 bits per heavy atom. The van der Waals surface area contributed by atoms with Gasteiger partial charge in [-0.05, 0) is 11.6 Å². The van der Waals surface area contributed by atoms with Gasteiger partial charge in [-0.3, -0.25) is 14.4 Å². The van der Waals surface area contributed by atoms with Gasteiger partial charge in [0, 0.05) is 6.54 Å². The van der Waals surface area contributed by atoms with Gasteiger partial charge in [0.05, 0.1) is 13.5 Å². The standard InChI is InChI=1S/C14H15NO4/c1-19-13(17)9-10-15-14(18)12(16)8-7-11-5-3-2-4-6-11/h2-8H,9-10H2,1H3,(H,15,18)/b8-7+. The van der Waals surface area contributed by atoms with Gasteiger partial charge in [0.1, 0.15) is 0 Å². The first-order chi connectivity index (χ1) is 9.13. The summed E-state index contributed by atoms with van der Waals surface area (Å²) in [5, 5.41) is 2.34. The largest absolute Gasteiger partial charge is 0.469 e. The molecule has 1 aromatic rings. The van der Waals surface area contributed by atoms with Crippen LogP contribution < -0.4 is 5.32 Å². The number of rotatable bonds is 6. The van der Waals surface area contributed by atoms with Gasteiger partial charge in [0.25, 0.3) is 5.91 Å². The van der Waals surface area contributed by atoms with Crippen LogP contribution in [0.25, 0.3) is 6.08 Å². The van der Waals surface area contributed by atoms with Crippen molar-refractivity contribution in [3.8, 4) is 0 Å². The first-order valence-electron chi connectivity index (χ1n) is 5.75. The number of carbonyl (C=O) groups excluding carboxylic acids is 3. The molecule has 0 fully saturated rings. The molecule has 0 atom stereocenters. The molecular weight excluding hydrogens is 246 g/mol. The molecule has 0 aliphatic carbocycles. The quantitative estimate of drug-likeness (QED) is 0.470. The normalized spacial score (nSPS) is 10.2. The fourth-order valence-electron chi connectivity index (χ4n) is 1.28. The lowest BCUT2D eigenvalue weighted by atomic mass is 10.2. The Balaban J connectivity index is 2.39. The number of ketones is 1. The van der Waals surface area contributed by atoms with Gasteiger partial charge < -0.3 is 10.1 Å². The molecule has 1 rings (SSSR count). The zero-order valence-corrected chi connectivity index (χ0v) is 10.6. The number of ether oxygens (including phenoxy) is 1. The van der Waals surface area contributed by atoms with E-state index in [4.69, 9.17) is 0 Å². The summed E-state index contributed by atoms with van der Waals surface area (Å²) in [5.41, 5.74) is 0.832. The lowest BCUT2D eigenvalue weighted by Crippen LogP contribution is -2.31. The van der Waals surface area contributed by atoms with Gasteiger partial charge in [0.2, 0.25) is 5.78 Å².